The summed E-state index contributed by atoms with van der Waals surface area (Å²) in [4.78, 5) is 27.8. The number of carbonyl (C=O) groups excluding carboxylic acids is 2. The Morgan fingerprint density at radius 2 is 1.53 bits per heavy atom. The minimum atomic E-state index is -5.02. The highest BCUT2D eigenvalue weighted by Gasteiger charge is 2.49. The number of halogens is 6. The van der Waals surface area contributed by atoms with Gasteiger partial charge in [-0.15, -0.1) is 11.8 Å². The van der Waals surface area contributed by atoms with E-state index >= 15 is 0 Å². The van der Waals surface area contributed by atoms with E-state index in [2.05, 4.69) is 5.32 Å². The van der Waals surface area contributed by atoms with Crippen LogP contribution in [0.15, 0.2) is 42.5 Å². The van der Waals surface area contributed by atoms with Crippen LogP contribution in [0.5, 0.6) is 5.75 Å². The summed E-state index contributed by atoms with van der Waals surface area (Å²) in [7, 11) is 1.53. The summed E-state index contributed by atoms with van der Waals surface area (Å²) < 4.78 is 83.8. The predicted octanol–water partition coefficient (Wildman–Crippen LogP) is 5.84. The van der Waals surface area contributed by atoms with Gasteiger partial charge in [0.15, 0.2) is 0 Å². The van der Waals surface area contributed by atoms with Crippen LogP contribution in [0.2, 0.25) is 0 Å². The summed E-state index contributed by atoms with van der Waals surface area (Å²) in [6.45, 7) is 0.313. The smallest absolute Gasteiger partial charge is 0.416 e. The summed E-state index contributed by atoms with van der Waals surface area (Å²) in [5.41, 5.74) is -2.96. The lowest BCUT2D eigenvalue weighted by atomic mass is 10.0. The number of methoxy groups -OCH3 is 1. The van der Waals surface area contributed by atoms with Gasteiger partial charge < -0.3 is 15.0 Å². The maximum absolute atomic E-state index is 13.1. The van der Waals surface area contributed by atoms with Gasteiger partial charge in [-0.3, -0.25) is 9.69 Å². The number of amides is 3. The number of likely N-dealkylation sites (tertiary alicyclic amines) is 1. The molecule has 2 heterocycles. The Labute approximate surface area is 206 Å². The zero-order chi connectivity index (χ0) is 26.3. The molecule has 0 bridgehead atoms. The summed E-state index contributed by atoms with van der Waals surface area (Å²) in [5.74, 6) is 0.788. The lowest BCUT2D eigenvalue weighted by molar-refractivity contribution is -0.143. The van der Waals surface area contributed by atoms with Crippen LogP contribution in [0.3, 0.4) is 0 Å². The molecule has 1 spiro atoms. The summed E-state index contributed by atoms with van der Waals surface area (Å²) in [6, 6.07) is 7.10. The first-order chi connectivity index (χ1) is 16.8. The number of benzene rings is 2. The molecule has 0 radical (unpaired) electrons. The Balaban J connectivity index is 1.48. The molecule has 2 saturated heterocycles. The van der Waals surface area contributed by atoms with Gasteiger partial charge in [-0.2, -0.15) is 26.3 Å². The van der Waals surface area contributed by atoms with E-state index in [1.165, 1.54) is 23.8 Å². The number of ether oxygens (including phenoxy) is 1. The van der Waals surface area contributed by atoms with Crippen molar-refractivity contribution in [3.8, 4) is 5.75 Å². The van der Waals surface area contributed by atoms with Crippen LogP contribution in [0.1, 0.15) is 24.0 Å². The van der Waals surface area contributed by atoms with E-state index in [-0.39, 0.29) is 30.8 Å². The zero-order valence-corrected chi connectivity index (χ0v) is 19.7. The van der Waals surface area contributed by atoms with E-state index in [0.717, 1.165) is 0 Å². The molecule has 2 fully saturated rings. The van der Waals surface area contributed by atoms with Crippen LogP contribution in [0.25, 0.3) is 0 Å². The molecule has 6 nitrogen and oxygen atoms in total. The highest BCUT2D eigenvalue weighted by atomic mass is 32.2. The monoisotopic (exact) mass is 533 g/mol. The molecule has 2 aliphatic heterocycles. The highest BCUT2D eigenvalue weighted by Crippen LogP contribution is 2.47. The minimum Gasteiger partial charge on any atom is -0.497 e. The van der Waals surface area contributed by atoms with Crippen LogP contribution >= 0.6 is 11.8 Å². The van der Waals surface area contributed by atoms with Gasteiger partial charge in [0.25, 0.3) is 0 Å². The van der Waals surface area contributed by atoms with Crippen LogP contribution in [-0.2, 0) is 17.1 Å². The van der Waals surface area contributed by atoms with Gasteiger partial charge in [0.2, 0.25) is 5.91 Å². The van der Waals surface area contributed by atoms with Crippen molar-refractivity contribution < 1.29 is 40.7 Å². The zero-order valence-electron chi connectivity index (χ0n) is 18.9. The van der Waals surface area contributed by atoms with Crippen LogP contribution in [-0.4, -0.2) is 47.7 Å². The van der Waals surface area contributed by atoms with E-state index in [4.69, 9.17) is 4.74 Å². The first-order valence-electron chi connectivity index (χ1n) is 10.8. The molecule has 2 aromatic rings. The Morgan fingerprint density at radius 3 is 2.03 bits per heavy atom. The molecule has 13 heteroatoms. The van der Waals surface area contributed by atoms with Gasteiger partial charge in [-0.25, -0.2) is 4.79 Å². The van der Waals surface area contributed by atoms with Crippen LogP contribution in [0.4, 0.5) is 42.5 Å². The third-order valence-electron chi connectivity index (χ3n) is 6.12. The fourth-order valence-electron chi connectivity index (χ4n) is 4.32. The van der Waals surface area contributed by atoms with Crippen molar-refractivity contribution in [2.75, 3.05) is 36.2 Å². The SMILES string of the molecule is COc1ccc(N2C(=O)CSC23CCN(C(=O)Nc2cc(C(F)(F)F)cc(C(F)(F)F)c2)CC3)cc1. The molecule has 4 rings (SSSR count). The second kappa shape index (κ2) is 9.41. The molecular weight excluding hydrogens is 512 g/mol. The minimum absolute atomic E-state index is 0.00237. The summed E-state index contributed by atoms with van der Waals surface area (Å²) in [6.07, 6.45) is -9.29. The number of rotatable bonds is 3. The fraction of sp³-hybridized carbons (Fsp3) is 0.391. The number of urea groups is 1. The second-order valence-corrected chi connectivity index (χ2v) is 9.71. The number of piperidine rings is 1. The number of hydrogen-bond donors (Lipinski definition) is 1. The van der Waals surface area contributed by atoms with Crippen molar-refractivity contribution in [3.05, 3.63) is 53.6 Å². The summed E-state index contributed by atoms with van der Waals surface area (Å²) in [5, 5.41) is 2.17. The van der Waals surface area contributed by atoms with E-state index in [9.17, 15) is 35.9 Å². The van der Waals surface area contributed by atoms with Crippen molar-refractivity contribution in [1.29, 1.82) is 0 Å². The number of anilines is 2. The van der Waals surface area contributed by atoms with Crippen molar-refractivity contribution in [1.82, 2.24) is 4.90 Å². The lowest BCUT2D eigenvalue weighted by Gasteiger charge is -2.43. The van der Waals surface area contributed by atoms with Gasteiger partial charge >= 0.3 is 18.4 Å². The number of hydrogen-bond acceptors (Lipinski definition) is 4. The Hall–Kier alpha value is -3.09. The molecule has 2 aliphatic rings. The first-order valence-corrected chi connectivity index (χ1v) is 11.8. The van der Waals surface area contributed by atoms with E-state index in [1.807, 2.05) is 0 Å². The van der Waals surface area contributed by atoms with Gasteiger partial charge in [-0.05, 0) is 55.3 Å². The molecule has 1 N–H and O–H groups in total. The molecule has 0 unspecified atom stereocenters. The van der Waals surface area contributed by atoms with Crippen molar-refractivity contribution >= 4 is 35.1 Å². The van der Waals surface area contributed by atoms with E-state index in [0.29, 0.717) is 36.4 Å². The molecule has 0 aromatic heterocycles. The number of alkyl halides is 6. The molecular formula is C23H21F6N3O3S. The average molecular weight is 533 g/mol. The standard InChI is InChI=1S/C23H21F6N3O3S/c1-35-18-4-2-17(3-5-18)32-19(33)13-36-21(32)6-8-31(9-7-21)20(34)30-16-11-14(22(24,25)26)10-15(12-16)23(27,28)29/h2-5,10-12H,6-9,13H2,1H3,(H,30,34). The maximum atomic E-state index is 13.1. The normalized spacial score (nSPS) is 18.0. The number of thioether (sulfide) groups is 1. The maximum Gasteiger partial charge on any atom is 0.416 e. The number of nitrogens with one attached hydrogen (secondary N) is 1. The largest absolute Gasteiger partial charge is 0.497 e. The topological polar surface area (TPSA) is 61.9 Å². The highest BCUT2D eigenvalue weighted by molar-refractivity contribution is 8.02. The molecule has 0 atom stereocenters. The predicted molar refractivity (Wildman–Crippen MR) is 122 cm³/mol. The summed E-state index contributed by atoms with van der Waals surface area (Å²) >= 11 is 1.45. The number of nitrogens with zero attached hydrogens (tertiary/aromatic N) is 2. The van der Waals surface area contributed by atoms with Gasteiger partial charge in [0.1, 0.15) is 5.75 Å². The molecule has 0 saturated carbocycles. The molecule has 36 heavy (non-hydrogen) atoms. The molecule has 0 aliphatic carbocycles. The van der Waals surface area contributed by atoms with Crippen molar-refractivity contribution in [2.24, 2.45) is 0 Å². The Bertz CT molecular complexity index is 1110. The molecule has 2 aromatic carbocycles. The third-order valence-corrected chi connectivity index (χ3v) is 7.64. The lowest BCUT2D eigenvalue weighted by Crippen LogP contribution is -2.53. The van der Waals surface area contributed by atoms with Gasteiger partial charge in [0.05, 0.1) is 28.9 Å². The first kappa shape index (κ1) is 26.0. The second-order valence-electron chi connectivity index (χ2n) is 8.37. The number of carbonyl (C=O) groups is 2. The van der Waals surface area contributed by atoms with Crippen molar-refractivity contribution in [3.63, 3.8) is 0 Å². The van der Waals surface area contributed by atoms with Gasteiger partial charge in [-0.1, -0.05) is 0 Å². The quantitative estimate of drug-likeness (QED) is 0.504. The van der Waals surface area contributed by atoms with Crippen LogP contribution in [0, 0.1) is 0 Å². The van der Waals surface area contributed by atoms with Crippen LogP contribution < -0.4 is 15.0 Å². The third kappa shape index (κ3) is 5.20. The Kier molecular flexibility index (Phi) is 6.80. The molecule has 3 amide bonds. The Morgan fingerprint density at radius 1 is 0.972 bits per heavy atom. The van der Waals surface area contributed by atoms with Crippen molar-refractivity contribution in [2.45, 2.75) is 30.1 Å². The molecule has 194 valence electrons. The van der Waals surface area contributed by atoms with Gasteiger partial charge in [0, 0.05) is 24.5 Å². The average Bonchev–Trinajstić information content (AvgIpc) is 3.13. The van der Waals surface area contributed by atoms with E-state index in [1.54, 1.807) is 29.2 Å². The fourth-order valence-corrected chi connectivity index (χ4v) is 5.65. The van der Waals surface area contributed by atoms with E-state index < -0.39 is 40.1 Å².